The Bertz CT molecular complexity index is 905. The number of hydrogen-bond acceptors (Lipinski definition) is 5. The summed E-state index contributed by atoms with van der Waals surface area (Å²) in [5.74, 6) is 1.40. The molecule has 4 rings (SSSR count). The van der Waals surface area contributed by atoms with E-state index in [1.54, 1.807) is 6.33 Å². The number of aryl methyl sites for hydroxylation is 2. The minimum absolute atomic E-state index is 0.573. The summed E-state index contributed by atoms with van der Waals surface area (Å²) in [5.41, 5.74) is 11.8. The average molecular weight is 345 g/mol. The SMILES string of the molecule is CCc1ccc(Nc2ncnc(N3CCCc4ccccc43)c2N)cc1. The minimum Gasteiger partial charge on any atom is -0.393 e. The van der Waals surface area contributed by atoms with E-state index in [1.807, 2.05) is 0 Å². The zero-order valence-corrected chi connectivity index (χ0v) is 14.9. The lowest BCUT2D eigenvalue weighted by Crippen LogP contribution is -2.26. The second-order valence-electron chi connectivity index (χ2n) is 6.52. The largest absolute Gasteiger partial charge is 0.393 e. The van der Waals surface area contributed by atoms with Crippen molar-refractivity contribution in [1.82, 2.24) is 9.97 Å². The molecule has 5 heteroatoms. The summed E-state index contributed by atoms with van der Waals surface area (Å²) in [6, 6.07) is 16.8. The molecule has 0 aliphatic carbocycles. The first-order chi connectivity index (χ1) is 12.8. The summed E-state index contributed by atoms with van der Waals surface area (Å²) in [4.78, 5) is 11.0. The molecule has 3 aromatic rings. The lowest BCUT2D eigenvalue weighted by molar-refractivity contribution is 0.759. The highest BCUT2D eigenvalue weighted by atomic mass is 15.2. The van der Waals surface area contributed by atoms with Gasteiger partial charge in [-0.3, -0.25) is 0 Å². The third kappa shape index (κ3) is 3.08. The first kappa shape index (κ1) is 16.4. The number of nitrogen functional groups attached to an aromatic ring is 1. The molecule has 0 saturated heterocycles. The number of rotatable bonds is 4. The van der Waals surface area contributed by atoms with Crippen molar-refractivity contribution in [2.24, 2.45) is 0 Å². The zero-order valence-electron chi connectivity index (χ0n) is 14.9. The van der Waals surface area contributed by atoms with Gasteiger partial charge in [-0.2, -0.15) is 0 Å². The molecule has 0 radical (unpaired) electrons. The minimum atomic E-state index is 0.573. The lowest BCUT2D eigenvalue weighted by Gasteiger charge is -2.31. The molecule has 2 aromatic carbocycles. The van der Waals surface area contributed by atoms with Gasteiger partial charge in [0.2, 0.25) is 0 Å². The molecule has 3 N–H and O–H groups in total. The Morgan fingerprint density at radius 1 is 1.08 bits per heavy atom. The summed E-state index contributed by atoms with van der Waals surface area (Å²) in [5, 5.41) is 3.32. The van der Waals surface area contributed by atoms with E-state index in [9.17, 15) is 0 Å². The maximum absolute atomic E-state index is 6.45. The molecule has 1 aliphatic rings. The van der Waals surface area contributed by atoms with E-state index < -0.39 is 0 Å². The quantitative estimate of drug-likeness (QED) is 0.731. The van der Waals surface area contributed by atoms with Crippen LogP contribution < -0.4 is 16.0 Å². The second-order valence-corrected chi connectivity index (χ2v) is 6.52. The molecule has 0 amide bonds. The van der Waals surface area contributed by atoms with Crippen LogP contribution in [0.1, 0.15) is 24.5 Å². The van der Waals surface area contributed by atoms with Crippen molar-refractivity contribution in [3.05, 3.63) is 66.0 Å². The highest BCUT2D eigenvalue weighted by Gasteiger charge is 2.22. The lowest BCUT2D eigenvalue weighted by atomic mass is 10.0. The molecular formula is C21H23N5. The average Bonchev–Trinajstić information content (AvgIpc) is 2.70. The van der Waals surface area contributed by atoms with Crippen LogP contribution in [-0.2, 0) is 12.8 Å². The van der Waals surface area contributed by atoms with E-state index in [0.717, 1.165) is 37.3 Å². The van der Waals surface area contributed by atoms with Gasteiger partial charge in [0.25, 0.3) is 0 Å². The maximum Gasteiger partial charge on any atom is 0.161 e. The Kier molecular flexibility index (Phi) is 4.44. The fourth-order valence-electron chi connectivity index (χ4n) is 3.42. The standard InChI is InChI=1S/C21H23N5/c1-2-15-9-11-17(12-10-15)25-20-19(22)21(24-14-23-20)26-13-5-7-16-6-3-4-8-18(16)26/h3-4,6,8-12,14H,2,5,7,13,22H2,1H3,(H,23,24,25). The number of fused-ring (bicyclic) bond motifs is 1. The number of benzene rings is 2. The Morgan fingerprint density at radius 3 is 2.69 bits per heavy atom. The number of para-hydroxylation sites is 1. The van der Waals surface area contributed by atoms with Gasteiger partial charge in [-0.05, 0) is 48.6 Å². The Labute approximate surface area is 153 Å². The highest BCUT2D eigenvalue weighted by Crippen LogP contribution is 2.37. The van der Waals surface area contributed by atoms with Gasteiger partial charge in [-0.25, -0.2) is 9.97 Å². The number of nitrogens with zero attached hydrogens (tertiary/aromatic N) is 3. The van der Waals surface area contributed by atoms with Gasteiger partial charge >= 0.3 is 0 Å². The highest BCUT2D eigenvalue weighted by molar-refractivity contribution is 5.82. The monoisotopic (exact) mass is 345 g/mol. The molecule has 132 valence electrons. The molecule has 0 fully saturated rings. The first-order valence-electron chi connectivity index (χ1n) is 9.08. The first-order valence-corrected chi connectivity index (χ1v) is 9.08. The predicted molar refractivity (Wildman–Crippen MR) is 107 cm³/mol. The molecule has 1 aromatic heterocycles. The molecule has 0 spiro atoms. The van der Waals surface area contributed by atoms with Gasteiger partial charge in [-0.1, -0.05) is 37.3 Å². The van der Waals surface area contributed by atoms with E-state index in [1.165, 1.54) is 16.8 Å². The fourth-order valence-corrected chi connectivity index (χ4v) is 3.42. The van der Waals surface area contributed by atoms with Crippen LogP contribution in [-0.4, -0.2) is 16.5 Å². The van der Waals surface area contributed by atoms with E-state index in [2.05, 4.69) is 75.6 Å². The van der Waals surface area contributed by atoms with E-state index >= 15 is 0 Å². The molecular weight excluding hydrogens is 322 g/mol. The molecule has 0 atom stereocenters. The summed E-state index contributed by atoms with van der Waals surface area (Å²) in [6.45, 7) is 3.05. The van der Waals surface area contributed by atoms with Gasteiger partial charge in [0.05, 0.1) is 0 Å². The van der Waals surface area contributed by atoms with Crippen LogP contribution in [0.25, 0.3) is 0 Å². The number of aromatic nitrogens is 2. The molecule has 1 aliphatic heterocycles. The fraction of sp³-hybridized carbons (Fsp3) is 0.238. The van der Waals surface area contributed by atoms with Crippen LogP contribution in [0.3, 0.4) is 0 Å². The van der Waals surface area contributed by atoms with Gasteiger partial charge in [0.1, 0.15) is 12.0 Å². The topological polar surface area (TPSA) is 67.1 Å². The van der Waals surface area contributed by atoms with E-state index in [-0.39, 0.29) is 0 Å². The normalized spacial score (nSPS) is 13.3. The van der Waals surface area contributed by atoms with Gasteiger partial charge in [0.15, 0.2) is 11.6 Å². The van der Waals surface area contributed by atoms with E-state index in [0.29, 0.717) is 11.5 Å². The van der Waals surface area contributed by atoms with E-state index in [4.69, 9.17) is 5.73 Å². The van der Waals surface area contributed by atoms with Crippen molar-refractivity contribution in [3.8, 4) is 0 Å². The molecule has 0 saturated carbocycles. The van der Waals surface area contributed by atoms with Crippen LogP contribution in [0.15, 0.2) is 54.9 Å². The number of nitrogens with two attached hydrogens (primary N) is 1. The van der Waals surface area contributed by atoms with Crippen molar-refractivity contribution in [3.63, 3.8) is 0 Å². The molecule has 2 heterocycles. The molecule has 0 unspecified atom stereocenters. The predicted octanol–water partition coefficient (Wildman–Crippen LogP) is 4.45. The van der Waals surface area contributed by atoms with Crippen molar-refractivity contribution in [2.45, 2.75) is 26.2 Å². The number of anilines is 5. The maximum atomic E-state index is 6.45. The van der Waals surface area contributed by atoms with Crippen molar-refractivity contribution in [2.75, 3.05) is 22.5 Å². The third-order valence-corrected chi connectivity index (χ3v) is 4.85. The Hall–Kier alpha value is -3.08. The molecule has 26 heavy (non-hydrogen) atoms. The molecule has 0 bridgehead atoms. The van der Waals surface area contributed by atoms with Gasteiger partial charge in [-0.15, -0.1) is 0 Å². The smallest absolute Gasteiger partial charge is 0.161 e. The zero-order chi connectivity index (χ0) is 17.9. The van der Waals surface area contributed by atoms with Crippen molar-refractivity contribution in [1.29, 1.82) is 0 Å². The van der Waals surface area contributed by atoms with Crippen LogP contribution in [0.5, 0.6) is 0 Å². The van der Waals surface area contributed by atoms with Crippen LogP contribution in [0.2, 0.25) is 0 Å². The Morgan fingerprint density at radius 2 is 1.88 bits per heavy atom. The summed E-state index contributed by atoms with van der Waals surface area (Å²) < 4.78 is 0. The Balaban J connectivity index is 1.66. The second kappa shape index (κ2) is 7.04. The van der Waals surface area contributed by atoms with Crippen LogP contribution in [0, 0.1) is 0 Å². The third-order valence-electron chi connectivity index (χ3n) is 4.85. The number of hydrogen-bond donors (Lipinski definition) is 2. The van der Waals surface area contributed by atoms with Crippen molar-refractivity contribution >= 4 is 28.7 Å². The number of nitrogens with one attached hydrogen (secondary N) is 1. The summed E-state index contributed by atoms with van der Waals surface area (Å²) >= 11 is 0. The summed E-state index contributed by atoms with van der Waals surface area (Å²) in [6.07, 6.45) is 4.77. The van der Waals surface area contributed by atoms with Crippen molar-refractivity contribution < 1.29 is 0 Å². The molecule has 5 nitrogen and oxygen atoms in total. The van der Waals surface area contributed by atoms with Gasteiger partial charge < -0.3 is 16.0 Å². The van der Waals surface area contributed by atoms with Crippen LogP contribution in [0.4, 0.5) is 28.7 Å². The van der Waals surface area contributed by atoms with Crippen LogP contribution >= 0.6 is 0 Å². The van der Waals surface area contributed by atoms with Gasteiger partial charge in [0, 0.05) is 17.9 Å². The summed E-state index contributed by atoms with van der Waals surface area (Å²) in [7, 11) is 0.